The van der Waals surface area contributed by atoms with E-state index in [1.807, 2.05) is 0 Å². The van der Waals surface area contributed by atoms with Gasteiger partial charge in [0.25, 0.3) is 5.91 Å². The summed E-state index contributed by atoms with van der Waals surface area (Å²) in [6.07, 6.45) is 0.665. The van der Waals surface area contributed by atoms with E-state index in [0.717, 1.165) is 37.8 Å². The predicted octanol–water partition coefficient (Wildman–Crippen LogP) is 4.56. The van der Waals surface area contributed by atoms with E-state index in [1.54, 1.807) is 0 Å². The summed E-state index contributed by atoms with van der Waals surface area (Å²) in [5.41, 5.74) is -0.639. The third kappa shape index (κ3) is 4.43. The number of aromatic nitrogens is 2. The molecule has 0 atom stereocenters. The molecular formula is C17H16ClF3N4O. The van der Waals surface area contributed by atoms with Crippen molar-refractivity contribution in [3.63, 3.8) is 0 Å². The summed E-state index contributed by atoms with van der Waals surface area (Å²) in [4.78, 5) is 20.1. The van der Waals surface area contributed by atoms with E-state index in [-0.39, 0.29) is 34.2 Å². The molecule has 1 saturated carbocycles. The smallest absolute Gasteiger partial charge is 0.348 e. The fourth-order valence-corrected chi connectivity index (χ4v) is 3.07. The maximum absolute atomic E-state index is 12.9. The summed E-state index contributed by atoms with van der Waals surface area (Å²) in [7, 11) is 0. The molecule has 1 heterocycles. The summed E-state index contributed by atoms with van der Waals surface area (Å²) in [5.74, 6) is -0.110. The largest absolute Gasteiger partial charge is 0.417 e. The molecule has 1 fully saturated rings. The Morgan fingerprint density at radius 3 is 2.58 bits per heavy atom. The molecule has 1 aliphatic carbocycles. The maximum atomic E-state index is 12.9. The van der Waals surface area contributed by atoms with Crippen LogP contribution in [-0.2, 0) is 6.18 Å². The first-order valence-corrected chi connectivity index (χ1v) is 8.47. The minimum absolute atomic E-state index is 0.138. The molecule has 26 heavy (non-hydrogen) atoms. The van der Waals surface area contributed by atoms with Crippen LogP contribution in [-0.4, -0.2) is 21.9 Å². The van der Waals surface area contributed by atoms with Crippen LogP contribution in [0, 0.1) is 0 Å². The zero-order chi connectivity index (χ0) is 18.7. The van der Waals surface area contributed by atoms with Crippen LogP contribution in [0.25, 0.3) is 0 Å². The lowest BCUT2D eigenvalue weighted by atomic mass is 10.2. The molecule has 1 aromatic carbocycles. The van der Waals surface area contributed by atoms with Crippen molar-refractivity contribution in [1.29, 1.82) is 0 Å². The van der Waals surface area contributed by atoms with Gasteiger partial charge in [-0.15, -0.1) is 0 Å². The Morgan fingerprint density at radius 2 is 1.88 bits per heavy atom. The summed E-state index contributed by atoms with van der Waals surface area (Å²) in [5, 5.41) is 5.26. The first-order chi connectivity index (χ1) is 12.3. The number of hydrogen-bond acceptors (Lipinski definition) is 4. The number of carbonyl (C=O) groups is 1. The van der Waals surface area contributed by atoms with E-state index in [0.29, 0.717) is 0 Å². The summed E-state index contributed by atoms with van der Waals surface area (Å²) in [6, 6.07) is 4.98. The number of amides is 1. The van der Waals surface area contributed by atoms with Crippen molar-refractivity contribution in [3.05, 3.63) is 46.9 Å². The number of carbonyl (C=O) groups excluding carboxylic acids is 1. The second-order valence-corrected chi connectivity index (χ2v) is 6.47. The van der Waals surface area contributed by atoms with E-state index >= 15 is 0 Å². The van der Waals surface area contributed by atoms with Crippen LogP contribution in [0.3, 0.4) is 0 Å². The van der Waals surface area contributed by atoms with E-state index in [9.17, 15) is 18.0 Å². The monoisotopic (exact) mass is 384 g/mol. The molecule has 0 aliphatic heterocycles. The summed E-state index contributed by atoms with van der Waals surface area (Å²) >= 11 is 5.61. The Morgan fingerprint density at radius 1 is 1.15 bits per heavy atom. The highest BCUT2D eigenvalue weighted by Gasteiger charge is 2.33. The zero-order valence-corrected chi connectivity index (χ0v) is 14.4. The first kappa shape index (κ1) is 18.4. The molecule has 0 bridgehead atoms. The molecule has 2 aromatic rings. The SMILES string of the molecule is O=C(NC1CCCC1)c1cc(Nc2ccc(Cl)c(C(F)(F)F)c2)ncn1. The van der Waals surface area contributed by atoms with E-state index in [4.69, 9.17) is 11.6 Å². The van der Waals surface area contributed by atoms with Crippen LogP contribution in [0.1, 0.15) is 41.7 Å². The molecule has 1 aliphatic rings. The van der Waals surface area contributed by atoms with Gasteiger partial charge in [0, 0.05) is 17.8 Å². The number of rotatable bonds is 4. The van der Waals surface area contributed by atoms with Gasteiger partial charge in [-0.3, -0.25) is 4.79 Å². The van der Waals surface area contributed by atoms with Gasteiger partial charge in [0.2, 0.25) is 0 Å². The molecule has 0 saturated heterocycles. The first-order valence-electron chi connectivity index (χ1n) is 8.09. The second-order valence-electron chi connectivity index (χ2n) is 6.06. The average molecular weight is 385 g/mol. The van der Waals surface area contributed by atoms with Gasteiger partial charge in [0.15, 0.2) is 0 Å². The van der Waals surface area contributed by atoms with Crippen molar-refractivity contribution >= 4 is 29.0 Å². The molecule has 0 radical (unpaired) electrons. The van der Waals surface area contributed by atoms with Crippen molar-refractivity contribution in [1.82, 2.24) is 15.3 Å². The van der Waals surface area contributed by atoms with E-state index < -0.39 is 11.7 Å². The number of benzene rings is 1. The number of alkyl halides is 3. The molecule has 1 aromatic heterocycles. The Bertz CT molecular complexity index is 807. The fraction of sp³-hybridized carbons (Fsp3) is 0.353. The third-order valence-electron chi connectivity index (χ3n) is 4.13. The van der Waals surface area contributed by atoms with Crippen molar-refractivity contribution in [2.75, 3.05) is 5.32 Å². The van der Waals surface area contributed by atoms with Crippen molar-refractivity contribution in [3.8, 4) is 0 Å². The van der Waals surface area contributed by atoms with Gasteiger partial charge >= 0.3 is 6.18 Å². The van der Waals surface area contributed by atoms with Crippen molar-refractivity contribution < 1.29 is 18.0 Å². The average Bonchev–Trinajstić information content (AvgIpc) is 3.09. The van der Waals surface area contributed by atoms with Crippen LogP contribution in [0.15, 0.2) is 30.6 Å². The number of halogens is 4. The van der Waals surface area contributed by atoms with Gasteiger partial charge in [-0.25, -0.2) is 9.97 Å². The van der Waals surface area contributed by atoms with Gasteiger partial charge in [0.05, 0.1) is 10.6 Å². The molecule has 2 N–H and O–H groups in total. The Hall–Kier alpha value is -2.35. The van der Waals surface area contributed by atoms with Gasteiger partial charge in [-0.05, 0) is 31.0 Å². The Labute approximate surface area is 153 Å². The standard InChI is InChI=1S/C17H16ClF3N4O/c18-13-6-5-11(7-12(13)17(19,20)21)24-15-8-14(22-9-23-15)16(26)25-10-3-1-2-4-10/h5-10H,1-4H2,(H,25,26)(H,22,23,24). The van der Waals surface area contributed by atoms with Gasteiger partial charge < -0.3 is 10.6 Å². The highest BCUT2D eigenvalue weighted by atomic mass is 35.5. The molecule has 3 rings (SSSR count). The quantitative estimate of drug-likeness (QED) is 0.810. The number of anilines is 2. The Kier molecular flexibility index (Phi) is 5.31. The number of nitrogens with one attached hydrogen (secondary N) is 2. The zero-order valence-electron chi connectivity index (χ0n) is 13.6. The van der Waals surface area contributed by atoms with Gasteiger partial charge in [-0.2, -0.15) is 13.2 Å². The number of hydrogen-bond donors (Lipinski definition) is 2. The highest BCUT2D eigenvalue weighted by Crippen LogP contribution is 2.36. The minimum Gasteiger partial charge on any atom is -0.348 e. The van der Waals surface area contributed by atoms with Crippen LogP contribution in [0.2, 0.25) is 5.02 Å². The van der Waals surface area contributed by atoms with E-state index in [1.165, 1.54) is 18.5 Å². The molecule has 1 amide bonds. The summed E-state index contributed by atoms with van der Waals surface area (Å²) < 4.78 is 38.8. The summed E-state index contributed by atoms with van der Waals surface area (Å²) in [6.45, 7) is 0. The van der Waals surface area contributed by atoms with Crippen molar-refractivity contribution in [2.45, 2.75) is 37.9 Å². The topological polar surface area (TPSA) is 66.9 Å². The van der Waals surface area contributed by atoms with Crippen molar-refractivity contribution in [2.24, 2.45) is 0 Å². The molecule has 138 valence electrons. The van der Waals surface area contributed by atoms with Crippen LogP contribution < -0.4 is 10.6 Å². The second kappa shape index (κ2) is 7.49. The normalized spacial score (nSPS) is 15.1. The molecule has 0 unspecified atom stereocenters. The van der Waals surface area contributed by atoms with Gasteiger partial charge in [0.1, 0.15) is 17.8 Å². The molecule has 9 heteroatoms. The third-order valence-corrected chi connectivity index (χ3v) is 4.46. The van der Waals surface area contributed by atoms with Crippen LogP contribution in [0.4, 0.5) is 24.7 Å². The Balaban J connectivity index is 1.75. The van der Waals surface area contributed by atoms with E-state index in [2.05, 4.69) is 20.6 Å². The minimum atomic E-state index is -4.56. The van der Waals surface area contributed by atoms with Crippen LogP contribution in [0.5, 0.6) is 0 Å². The predicted molar refractivity (Wildman–Crippen MR) is 91.5 cm³/mol. The molecule has 5 nitrogen and oxygen atoms in total. The lowest BCUT2D eigenvalue weighted by Gasteiger charge is -2.13. The lowest BCUT2D eigenvalue weighted by Crippen LogP contribution is -2.33. The lowest BCUT2D eigenvalue weighted by molar-refractivity contribution is -0.137. The molecule has 0 spiro atoms. The highest BCUT2D eigenvalue weighted by molar-refractivity contribution is 6.31. The van der Waals surface area contributed by atoms with Crippen LogP contribution >= 0.6 is 11.6 Å². The number of nitrogens with zero attached hydrogens (tertiary/aromatic N) is 2. The maximum Gasteiger partial charge on any atom is 0.417 e. The molecular weight excluding hydrogens is 369 g/mol. The van der Waals surface area contributed by atoms with Gasteiger partial charge in [-0.1, -0.05) is 24.4 Å². The fourth-order valence-electron chi connectivity index (χ4n) is 2.85.